The lowest BCUT2D eigenvalue weighted by molar-refractivity contribution is 0.258. The Morgan fingerprint density at radius 1 is 1.16 bits per heavy atom. The van der Waals surface area contributed by atoms with Gasteiger partial charge in [0.2, 0.25) is 0 Å². The summed E-state index contributed by atoms with van der Waals surface area (Å²) in [5.41, 5.74) is 2.94. The highest BCUT2D eigenvalue weighted by Crippen LogP contribution is 2.39. The zero-order valence-corrected chi connectivity index (χ0v) is 11.6. The minimum Gasteiger partial charge on any atom is -0.468 e. The lowest BCUT2D eigenvalue weighted by Crippen LogP contribution is -2.41. The number of rotatable bonds is 4. The SMILES string of the molecule is Cc1ccccc1C1CC(N[C@@H](C)c2ccco2)C1. The Hall–Kier alpha value is -1.54. The van der Waals surface area contributed by atoms with Crippen LogP contribution in [0.3, 0.4) is 0 Å². The van der Waals surface area contributed by atoms with Crippen molar-refractivity contribution in [3.8, 4) is 0 Å². The first-order valence-corrected chi connectivity index (χ1v) is 7.09. The van der Waals surface area contributed by atoms with Crippen LogP contribution >= 0.6 is 0 Å². The maximum Gasteiger partial charge on any atom is 0.120 e. The van der Waals surface area contributed by atoms with Crippen LogP contribution in [0.4, 0.5) is 0 Å². The summed E-state index contributed by atoms with van der Waals surface area (Å²) >= 11 is 0. The molecule has 0 unspecified atom stereocenters. The number of nitrogens with one attached hydrogen (secondary N) is 1. The van der Waals surface area contributed by atoms with E-state index in [1.54, 1.807) is 6.26 Å². The molecule has 1 aliphatic rings. The van der Waals surface area contributed by atoms with E-state index in [-0.39, 0.29) is 0 Å². The van der Waals surface area contributed by atoms with Crippen molar-refractivity contribution in [1.82, 2.24) is 5.32 Å². The first kappa shape index (κ1) is 12.5. The largest absolute Gasteiger partial charge is 0.468 e. The Morgan fingerprint density at radius 2 is 1.95 bits per heavy atom. The third-order valence-electron chi connectivity index (χ3n) is 4.22. The van der Waals surface area contributed by atoms with E-state index in [4.69, 9.17) is 4.42 Å². The number of aryl methyl sites for hydroxylation is 1. The Labute approximate surface area is 114 Å². The molecule has 3 rings (SSSR count). The van der Waals surface area contributed by atoms with E-state index in [1.807, 2.05) is 12.1 Å². The van der Waals surface area contributed by atoms with Crippen LogP contribution in [0.2, 0.25) is 0 Å². The zero-order chi connectivity index (χ0) is 13.2. The van der Waals surface area contributed by atoms with Gasteiger partial charge in [0.15, 0.2) is 0 Å². The lowest BCUT2D eigenvalue weighted by Gasteiger charge is -2.38. The molecule has 19 heavy (non-hydrogen) atoms. The van der Waals surface area contributed by atoms with Crippen LogP contribution in [0.15, 0.2) is 47.1 Å². The van der Waals surface area contributed by atoms with Crippen molar-refractivity contribution in [2.24, 2.45) is 0 Å². The van der Waals surface area contributed by atoms with Gasteiger partial charge in [0.25, 0.3) is 0 Å². The molecule has 1 atom stereocenters. The van der Waals surface area contributed by atoms with Crippen molar-refractivity contribution in [3.05, 3.63) is 59.5 Å². The predicted octanol–water partition coefficient (Wildman–Crippen LogP) is 4.18. The Morgan fingerprint density at radius 3 is 2.63 bits per heavy atom. The second-order valence-corrected chi connectivity index (χ2v) is 5.63. The molecule has 2 nitrogen and oxygen atoms in total. The molecule has 0 amide bonds. The van der Waals surface area contributed by atoms with Crippen LogP contribution in [0.5, 0.6) is 0 Å². The summed E-state index contributed by atoms with van der Waals surface area (Å²) in [7, 11) is 0. The average molecular weight is 255 g/mol. The summed E-state index contributed by atoms with van der Waals surface area (Å²) in [4.78, 5) is 0. The highest BCUT2D eigenvalue weighted by atomic mass is 16.3. The zero-order valence-electron chi connectivity index (χ0n) is 11.6. The normalized spacial score (nSPS) is 23.9. The summed E-state index contributed by atoms with van der Waals surface area (Å²) in [5, 5.41) is 3.64. The standard InChI is InChI=1S/C17H21NO/c1-12-6-3-4-7-16(12)14-10-15(11-14)18-13(2)17-8-5-9-19-17/h3-9,13-15,18H,10-11H2,1-2H3/t13-,14?,15?/m0/s1. The van der Waals surface area contributed by atoms with Crippen LogP contribution in [0, 0.1) is 6.92 Å². The van der Waals surface area contributed by atoms with E-state index in [2.05, 4.69) is 43.4 Å². The van der Waals surface area contributed by atoms with E-state index in [0.717, 1.165) is 11.7 Å². The molecule has 1 saturated carbocycles. The topological polar surface area (TPSA) is 25.2 Å². The molecular weight excluding hydrogens is 234 g/mol. The molecule has 1 N–H and O–H groups in total. The molecule has 0 radical (unpaired) electrons. The molecular formula is C17H21NO. The third kappa shape index (κ3) is 2.59. The van der Waals surface area contributed by atoms with E-state index in [1.165, 1.54) is 24.0 Å². The predicted molar refractivity (Wildman–Crippen MR) is 77.2 cm³/mol. The van der Waals surface area contributed by atoms with Gasteiger partial charge in [0.05, 0.1) is 12.3 Å². The summed E-state index contributed by atoms with van der Waals surface area (Å²) < 4.78 is 5.43. The molecule has 2 aromatic rings. The van der Waals surface area contributed by atoms with Gasteiger partial charge < -0.3 is 9.73 Å². The van der Waals surface area contributed by atoms with Gasteiger partial charge in [-0.05, 0) is 55.9 Å². The van der Waals surface area contributed by atoms with Gasteiger partial charge in [-0.25, -0.2) is 0 Å². The number of hydrogen-bond donors (Lipinski definition) is 1. The molecule has 1 aliphatic carbocycles. The first-order valence-electron chi connectivity index (χ1n) is 7.09. The molecule has 0 spiro atoms. The number of hydrogen-bond acceptors (Lipinski definition) is 2. The van der Waals surface area contributed by atoms with E-state index in [0.29, 0.717) is 12.1 Å². The van der Waals surface area contributed by atoms with Crippen LogP contribution in [0.25, 0.3) is 0 Å². The highest BCUT2D eigenvalue weighted by Gasteiger charge is 2.32. The van der Waals surface area contributed by atoms with Gasteiger partial charge in [-0.1, -0.05) is 24.3 Å². The van der Waals surface area contributed by atoms with Crippen molar-refractivity contribution < 1.29 is 4.42 Å². The molecule has 1 heterocycles. The maximum atomic E-state index is 5.43. The van der Waals surface area contributed by atoms with Crippen LogP contribution in [-0.4, -0.2) is 6.04 Å². The second-order valence-electron chi connectivity index (χ2n) is 5.63. The summed E-state index contributed by atoms with van der Waals surface area (Å²) in [6.45, 7) is 4.38. The van der Waals surface area contributed by atoms with E-state index in [9.17, 15) is 0 Å². The van der Waals surface area contributed by atoms with Crippen molar-refractivity contribution in [2.45, 2.75) is 44.7 Å². The van der Waals surface area contributed by atoms with Gasteiger partial charge in [-0.2, -0.15) is 0 Å². The molecule has 0 aliphatic heterocycles. The van der Waals surface area contributed by atoms with Crippen molar-refractivity contribution in [1.29, 1.82) is 0 Å². The minimum absolute atomic E-state index is 0.304. The minimum atomic E-state index is 0.304. The Bertz CT molecular complexity index is 526. The van der Waals surface area contributed by atoms with E-state index < -0.39 is 0 Å². The van der Waals surface area contributed by atoms with Crippen LogP contribution in [-0.2, 0) is 0 Å². The van der Waals surface area contributed by atoms with Crippen molar-refractivity contribution in [3.63, 3.8) is 0 Å². The van der Waals surface area contributed by atoms with Gasteiger partial charge in [-0.3, -0.25) is 0 Å². The van der Waals surface area contributed by atoms with Crippen molar-refractivity contribution in [2.75, 3.05) is 0 Å². The fourth-order valence-electron chi connectivity index (χ4n) is 3.03. The van der Waals surface area contributed by atoms with Gasteiger partial charge in [-0.15, -0.1) is 0 Å². The fraction of sp³-hybridized carbons (Fsp3) is 0.412. The fourth-order valence-corrected chi connectivity index (χ4v) is 3.03. The third-order valence-corrected chi connectivity index (χ3v) is 4.22. The first-order chi connectivity index (χ1) is 9.24. The van der Waals surface area contributed by atoms with Gasteiger partial charge in [0, 0.05) is 6.04 Å². The molecule has 2 heteroatoms. The van der Waals surface area contributed by atoms with Gasteiger partial charge >= 0.3 is 0 Å². The monoisotopic (exact) mass is 255 g/mol. The smallest absolute Gasteiger partial charge is 0.120 e. The lowest BCUT2D eigenvalue weighted by atomic mass is 9.74. The number of furan rings is 1. The summed E-state index contributed by atoms with van der Waals surface area (Å²) in [6, 6.07) is 13.6. The molecule has 1 fully saturated rings. The molecule has 0 bridgehead atoms. The average Bonchev–Trinajstić information content (AvgIpc) is 2.88. The van der Waals surface area contributed by atoms with E-state index >= 15 is 0 Å². The Balaban J connectivity index is 1.55. The van der Waals surface area contributed by atoms with Crippen LogP contribution < -0.4 is 5.32 Å². The molecule has 0 saturated heterocycles. The molecule has 1 aromatic heterocycles. The maximum absolute atomic E-state index is 5.43. The highest BCUT2D eigenvalue weighted by molar-refractivity contribution is 5.31. The van der Waals surface area contributed by atoms with Crippen LogP contribution in [0.1, 0.15) is 48.6 Å². The second kappa shape index (κ2) is 5.22. The Kier molecular flexibility index (Phi) is 3.43. The number of benzene rings is 1. The molecule has 1 aromatic carbocycles. The van der Waals surface area contributed by atoms with Gasteiger partial charge in [0.1, 0.15) is 5.76 Å². The van der Waals surface area contributed by atoms with Crippen molar-refractivity contribution >= 4 is 0 Å². The summed E-state index contributed by atoms with van der Waals surface area (Å²) in [6.07, 6.45) is 4.20. The molecule has 100 valence electrons. The quantitative estimate of drug-likeness (QED) is 0.886. The summed E-state index contributed by atoms with van der Waals surface area (Å²) in [5.74, 6) is 1.75.